The zero-order valence-electron chi connectivity index (χ0n) is 16.5. The van der Waals surface area contributed by atoms with E-state index in [1.807, 2.05) is 30.3 Å². The van der Waals surface area contributed by atoms with Gasteiger partial charge in [0.15, 0.2) is 0 Å². The zero-order chi connectivity index (χ0) is 21.5. The predicted molar refractivity (Wildman–Crippen MR) is 118 cm³/mol. The van der Waals surface area contributed by atoms with Crippen molar-refractivity contribution in [3.8, 4) is 0 Å². The van der Waals surface area contributed by atoms with Crippen LogP contribution in [0.1, 0.15) is 46.8 Å². The summed E-state index contributed by atoms with van der Waals surface area (Å²) in [6, 6.07) is 11.1. The quantitative estimate of drug-likeness (QED) is 0.535. The van der Waals surface area contributed by atoms with Crippen molar-refractivity contribution in [2.24, 2.45) is 5.92 Å². The van der Waals surface area contributed by atoms with Crippen LogP contribution in [0.5, 0.6) is 0 Å². The first-order chi connectivity index (χ1) is 14.3. The lowest BCUT2D eigenvalue weighted by molar-refractivity contribution is -0.137. The standard InChI is InChI=1S/C22H21Cl2F3N2O.ClH/c23-16-7-6-15(22(25,26)27)19(24)18(16)21(30)28-20(14-4-2-1-3-5-14)17-12-13-8-10-29(17)11-9-13;/h1-7,13,17,20H,8-12H2,(H,28,30);1H/t17-,20?;/m1./s1. The molecule has 5 rings (SSSR count). The molecule has 0 radical (unpaired) electrons. The molecule has 168 valence electrons. The SMILES string of the molecule is Cl.O=C(NC(c1ccccc1)[C@H]1CC2CCN1CC2)c1c(Cl)ccc(C(F)(F)F)c1Cl. The molecule has 1 N–H and O–H groups in total. The number of benzene rings is 2. The molecule has 3 aliphatic rings. The molecule has 3 saturated heterocycles. The van der Waals surface area contributed by atoms with Crippen molar-refractivity contribution in [3.05, 3.63) is 69.2 Å². The van der Waals surface area contributed by atoms with Crippen LogP contribution >= 0.6 is 35.6 Å². The largest absolute Gasteiger partial charge is 0.417 e. The molecule has 0 saturated carbocycles. The average molecular weight is 494 g/mol. The lowest BCUT2D eigenvalue weighted by Crippen LogP contribution is -2.54. The molecule has 3 heterocycles. The van der Waals surface area contributed by atoms with E-state index in [1.54, 1.807) is 0 Å². The van der Waals surface area contributed by atoms with E-state index in [9.17, 15) is 18.0 Å². The lowest BCUT2D eigenvalue weighted by Gasteiger charge is -2.48. The van der Waals surface area contributed by atoms with Gasteiger partial charge in [0.25, 0.3) is 5.91 Å². The zero-order valence-corrected chi connectivity index (χ0v) is 18.8. The Balaban J connectivity index is 0.00000272. The maximum Gasteiger partial charge on any atom is 0.417 e. The number of halogens is 6. The van der Waals surface area contributed by atoms with Crippen molar-refractivity contribution in [3.63, 3.8) is 0 Å². The van der Waals surface area contributed by atoms with Crippen LogP contribution in [0.4, 0.5) is 13.2 Å². The van der Waals surface area contributed by atoms with Gasteiger partial charge in [-0.2, -0.15) is 13.2 Å². The summed E-state index contributed by atoms with van der Waals surface area (Å²) in [4.78, 5) is 15.5. The third-order valence-corrected chi connectivity index (χ3v) is 6.85. The molecule has 0 aliphatic carbocycles. The highest BCUT2D eigenvalue weighted by Gasteiger charge is 2.40. The van der Waals surface area contributed by atoms with Crippen molar-refractivity contribution >= 4 is 41.5 Å². The number of carbonyl (C=O) groups excluding carboxylic acids is 1. The summed E-state index contributed by atoms with van der Waals surface area (Å²) >= 11 is 12.1. The molecule has 31 heavy (non-hydrogen) atoms. The Hall–Kier alpha value is -1.47. The van der Waals surface area contributed by atoms with Gasteiger partial charge in [-0.05, 0) is 56.0 Å². The molecule has 9 heteroatoms. The number of nitrogens with one attached hydrogen (secondary N) is 1. The Labute approximate surface area is 195 Å². The molecule has 0 aromatic heterocycles. The van der Waals surface area contributed by atoms with Crippen molar-refractivity contribution in [2.75, 3.05) is 13.1 Å². The van der Waals surface area contributed by atoms with E-state index in [4.69, 9.17) is 23.2 Å². The molecule has 1 amide bonds. The molecule has 3 nitrogen and oxygen atoms in total. The Morgan fingerprint density at radius 3 is 2.26 bits per heavy atom. The third-order valence-electron chi connectivity index (χ3n) is 6.15. The maximum absolute atomic E-state index is 13.3. The van der Waals surface area contributed by atoms with E-state index in [0.29, 0.717) is 5.92 Å². The topological polar surface area (TPSA) is 32.3 Å². The van der Waals surface area contributed by atoms with Crippen molar-refractivity contribution in [1.82, 2.24) is 10.2 Å². The van der Waals surface area contributed by atoms with Gasteiger partial charge in [-0.1, -0.05) is 53.5 Å². The van der Waals surface area contributed by atoms with Crippen LogP contribution < -0.4 is 5.32 Å². The number of alkyl halides is 3. The number of amides is 1. The van der Waals surface area contributed by atoms with Crippen LogP contribution in [0.25, 0.3) is 0 Å². The van der Waals surface area contributed by atoms with Gasteiger partial charge in [-0.3, -0.25) is 9.69 Å². The normalized spacial score (nSPS) is 23.7. The van der Waals surface area contributed by atoms with Crippen molar-refractivity contribution in [2.45, 2.75) is 37.5 Å². The number of carbonyl (C=O) groups is 1. The molecule has 3 aliphatic heterocycles. The van der Waals surface area contributed by atoms with E-state index >= 15 is 0 Å². The van der Waals surface area contributed by atoms with Gasteiger partial charge in [-0.15, -0.1) is 12.4 Å². The Morgan fingerprint density at radius 1 is 1.06 bits per heavy atom. The fraction of sp³-hybridized carbons (Fsp3) is 0.409. The van der Waals surface area contributed by atoms with E-state index < -0.39 is 22.7 Å². The molecule has 2 aromatic carbocycles. The van der Waals surface area contributed by atoms with Gasteiger partial charge in [0.2, 0.25) is 0 Å². The van der Waals surface area contributed by atoms with Crippen molar-refractivity contribution in [1.29, 1.82) is 0 Å². The first kappa shape index (κ1) is 24.2. The fourth-order valence-electron chi connectivity index (χ4n) is 4.61. The minimum absolute atomic E-state index is 0. The van der Waals surface area contributed by atoms with Crippen LogP contribution in [0.15, 0.2) is 42.5 Å². The van der Waals surface area contributed by atoms with Crippen LogP contribution in [0.2, 0.25) is 10.0 Å². The first-order valence-electron chi connectivity index (χ1n) is 9.90. The Kier molecular flexibility index (Phi) is 7.47. The van der Waals surface area contributed by atoms with Crippen LogP contribution in [0.3, 0.4) is 0 Å². The van der Waals surface area contributed by atoms with Crippen molar-refractivity contribution < 1.29 is 18.0 Å². The number of nitrogens with zero attached hydrogens (tertiary/aromatic N) is 1. The molecule has 2 bridgehead atoms. The number of piperidine rings is 3. The number of hydrogen-bond donors (Lipinski definition) is 1. The van der Waals surface area contributed by atoms with Crippen LogP contribution in [0, 0.1) is 5.92 Å². The molecule has 1 unspecified atom stereocenters. The highest BCUT2D eigenvalue weighted by atomic mass is 35.5. The second-order valence-corrected chi connectivity index (χ2v) is 8.71. The van der Waals surface area contributed by atoms with Gasteiger partial charge in [0.05, 0.1) is 27.2 Å². The molecule has 2 atom stereocenters. The summed E-state index contributed by atoms with van der Waals surface area (Å²) in [5.41, 5.74) is -0.511. The monoisotopic (exact) mass is 492 g/mol. The summed E-state index contributed by atoms with van der Waals surface area (Å²) in [5, 5.41) is 2.16. The second-order valence-electron chi connectivity index (χ2n) is 7.93. The summed E-state index contributed by atoms with van der Waals surface area (Å²) in [6.07, 6.45) is -1.47. The smallest absolute Gasteiger partial charge is 0.344 e. The molecular formula is C22H22Cl3F3N2O. The summed E-state index contributed by atoms with van der Waals surface area (Å²) in [7, 11) is 0. The number of hydrogen-bond acceptors (Lipinski definition) is 2. The summed E-state index contributed by atoms with van der Waals surface area (Å²) < 4.78 is 39.8. The number of rotatable bonds is 4. The van der Waals surface area contributed by atoms with Crippen LogP contribution in [-0.4, -0.2) is 29.9 Å². The average Bonchev–Trinajstić information content (AvgIpc) is 2.72. The van der Waals surface area contributed by atoms with E-state index in [1.165, 1.54) is 0 Å². The first-order valence-corrected chi connectivity index (χ1v) is 10.7. The summed E-state index contributed by atoms with van der Waals surface area (Å²) in [6.45, 7) is 1.92. The van der Waals surface area contributed by atoms with Crippen LogP contribution in [-0.2, 0) is 6.18 Å². The van der Waals surface area contributed by atoms with E-state index in [2.05, 4.69) is 10.2 Å². The molecular weight excluding hydrogens is 472 g/mol. The fourth-order valence-corrected chi connectivity index (χ4v) is 5.26. The Bertz CT molecular complexity index is 932. The van der Waals surface area contributed by atoms with E-state index in [-0.39, 0.29) is 35.1 Å². The lowest BCUT2D eigenvalue weighted by atomic mass is 9.79. The van der Waals surface area contributed by atoms with Gasteiger partial charge in [-0.25, -0.2) is 0 Å². The minimum atomic E-state index is -4.68. The number of fused-ring (bicyclic) bond motifs is 3. The third kappa shape index (κ3) is 4.98. The molecule has 3 fully saturated rings. The van der Waals surface area contributed by atoms with E-state index in [0.717, 1.165) is 50.0 Å². The van der Waals surface area contributed by atoms with Gasteiger partial charge in [0, 0.05) is 6.04 Å². The minimum Gasteiger partial charge on any atom is -0.344 e. The highest BCUT2D eigenvalue weighted by Crippen LogP contribution is 2.40. The second kappa shape index (κ2) is 9.57. The maximum atomic E-state index is 13.3. The predicted octanol–water partition coefficient (Wildman–Crippen LogP) is 6.39. The molecule has 0 spiro atoms. The molecule has 2 aromatic rings. The van der Waals surface area contributed by atoms with Gasteiger partial charge >= 0.3 is 6.18 Å². The Morgan fingerprint density at radius 2 is 1.71 bits per heavy atom. The highest BCUT2D eigenvalue weighted by molar-refractivity contribution is 6.40. The summed E-state index contributed by atoms with van der Waals surface area (Å²) in [5.74, 6) is -0.101. The van der Waals surface area contributed by atoms with Gasteiger partial charge < -0.3 is 5.32 Å². The van der Waals surface area contributed by atoms with Gasteiger partial charge in [0.1, 0.15) is 0 Å².